The van der Waals surface area contributed by atoms with Gasteiger partial charge in [-0.1, -0.05) is 6.08 Å². The van der Waals surface area contributed by atoms with Crippen LogP contribution in [0, 0.1) is 0 Å². The summed E-state index contributed by atoms with van der Waals surface area (Å²) in [5, 5.41) is 0. The molecule has 1 unspecified atom stereocenters. The first kappa shape index (κ1) is 12.5. The van der Waals surface area contributed by atoms with Crippen molar-refractivity contribution in [2.24, 2.45) is 0 Å². The predicted octanol–water partition coefficient (Wildman–Crippen LogP) is 3.11. The number of halogens is 3. The van der Waals surface area contributed by atoms with Gasteiger partial charge < -0.3 is 0 Å². The fourth-order valence-electron chi connectivity index (χ4n) is 0. The summed E-state index contributed by atoms with van der Waals surface area (Å²) in [7, 11) is 17.4. The summed E-state index contributed by atoms with van der Waals surface area (Å²) in [6.45, 7) is 3.46. The molecule has 5 heteroatoms. The van der Waals surface area contributed by atoms with Gasteiger partial charge in [-0.15, -0.1) is 15.8 Å². The fraction of sp³-hybridized carbons (Fsp3) is 0.333. The van der Waals surface area contributed by atoms with E-state index in [0.717, 1.165) is 6.16 Å². The van der Waals surface area contributed by atoms with Gasteiger partial charge in [-0.25, -0.2) is 0 Å². The summed E-state index contributed by atoms with van der Waals surface area (Å²) in [4.78, 5) is 0. The van der Waals surface area contributed by atoms with Gasteiger partial charge in [0.15, 0.2) is 0 Å². The first-order valence-electron chi connectivity index (χ1n) is 1.57. The van der Waals surface area contributed by atoms with Crippen molar-refractivity contribution < 1.29 is 15.2 Å². The summed E-state index contributed by atoms with van der Waals surface area (Å²) in [6, 6.07) is 0. The second-order valence-corrected chi connectivity index (χ2v) is 10.5. The van der Waals surface area contributed by atoms with Crippen LogP contribution in [0.15, 0.2) is 12.7 Å². The van der Waals surface area contributed by atoms with Crippen LogP contribution in [-0.4, -0.2) is 6.16 Å². The third-order valence-corrected chi connectivity index (χ3v) is 0.500. The average molecular weight is 377 g/mol. The molecule has 0 aromatic rings. The quantitative estimate of drug-likeness (QED) is 0.374. The van der Waals surface area contributed by atoms with Crippen molar-refractivity contribution in [3.05, 3.63) is 12.7 Å². The van der Waals surface area contributed by atoms with Crippen molar-refractivity contribution in [3.8, 4) is 0 Å². The molecule has 0 aromatic heterocycles. The van der Waals surface area contributed by atoms with Crippen molar-refractivity contribution in [2.75, 3.05) is 6.16 Å². The standard InChI is InChI=1S/C3H7P.Au.3ClH/c1-2-3-4;;;;/h2H,1,3-4H2;;3*1H/q;+3;;;/p-3. The molecule has 0 nitrogen and oxygen atoms in total. The molecule has 0 saturated heterocycles. The Balaban J connectivity index is 0. The molecule has 0 amide bonds. The molecule has 0 saturated carbocycles. The topological polar surface area (TPSA) is 0 Å². The van der Waals surface area contributed by atoms with Gasteiger partial charge in [-0.3, -0.25) is 0 Å². The zero-order chi connectivity index (χ0) is 6.99. The molecule has 0 rings (SSSR count). The van der Waals surface area contributed by atoms with E-state index in [0.29, 0.717) is 0 Å². The van der Waals surface area contributed by atoms with Gasteiger partial charge in [0, 0.05) is 0 Å². The Morgan fingerprint density at radius 2 is 1.62 bits per heavy atom. The predicted molar refractivity (Wildman–Crippen MR) is 42.3 cm³/mol. The molecule has 56 valence electrons. The van der Waals surface area contributed by atoms with Gasteiger partial charge in [0.2, 0.25) is 0 Å². The Kier molecular flexibility index (Phi) is 18.0. The molecule has 0 aliphatic carbocycles. The molecule has 0 bridgehead atoms. The van der Waals surface area contributed by atoms with Gasteiger partial charge in [-0.2, -0.15) is 0 Å². The van der Waals surface area contributed by atoms with Crippen LogP contribution in [0.2, 0.25) is 0 Å². The summed E-state index contributed by atoms with van der Waals surface area (Å²) in [5.41, 5.74) is 0. The second-order valence-electron chi connectivity index (χ2n) is 0.654. The van der Waals surface area contributed by atoms with Crippen LogP contribution in [0.5, 0.6) is 0 Å². The number of hydrogen-bond acceptors (Lipinski definition) is 0. The zero-order valence-electron chi connectivity index (χ0n) is 4.00. The Labute approximate surface area is 70.4 Å². The van der Waals surface area contributed by atoms with Gasteiger partial charge in [0.1, 0.15) is 0 Å². The van der Waals surface area contributed by atoms with E-state index in [-0.39, 0.29) is 0 Å². The van der Waals surface area contributed by atoms with Gasteiger partial charge >= 0.3 is 42.8 Å². The Morgan fingerprint density at radius 3 is 1.62 bits per heavy atom. The maximum atomic E-state index is 4.95. The normalized spacial score (nSPS) is 8.75. The van der Waals surface area contributed by atoms with Crippen LogP contribution >= 0.6 is 36.8 Å². The van der Waals surface area contributed by atoms with Crippen LogP contribution in [0.4, 0.5) is 0 Å². The molecule has 0 aliphatic rings. The Hall–Kier alpha value is 1.78. The summed E-state index contributed by atoms with van der Waals surface area (Å²) in [6.07, 6.45) is 2.84. The number of hydrogen-bond donors (Lipinski definition) is 0. The first-order chi connectivity index (χ1) is 3.65. The van der Waals surface area contributed by atoms with Crippen LogP contribution in [0.1, 0.15) is 0 Å². The van der Waals surface area contributed by atoms with Crippen molar-refractivity contribution in [1.29, 1.82) is 0 Å². The van der Waals surface area contributed by atoms with E-state index in [9.17, 15) is 0 Å². The summed E-state index contributed by atoms with van der Waals surface area (Å²) < 4.78 is 0. The zero-order valence-corrected chi connectivity index (χ0v) is 9.59. The summed E-state index contributed by atoms with van der Waals surface area (Å²) in [5.74, 6) is 0. The van der Waals surface area contributed by atoms with Crippen molar-refractivity contribution >= 4 is 36.8 Å². The van der Waals surface area contributed by atoms with Gasteiger partial charge in [0.05, 0.1) is 0 Å². The van der Waals surface area contributed by atoms with E-state index in [4.69, 9.17) is 27.6 Å². The number of allylic oxidation sites excluding steroid dienone is 1. The van der Waals surface area contributed by atoms with E-state index in [1.807, 2.05) is 6.08 Å². The molecule has 0 aliphatic heterocycles. The third kappa shape index (κ3) is 46.3. The molecule has 0 spiro atoms. The van der Waals surface area contributed by atoms with Crippen LogP contribution in [0.25, 0.3) is 0 Å². The molecule has 0 radical (unpaired) electrons. The Morgan fingerprint density at radius 1 is 1.50 bits per heavy atom. The first-order valence-corrected chi connectivity index (χ1v) is 10.4. The van der Waals surface area contributed by atoms with Crippen LogP contribution in [-0.2, 0) is 15.2 Å². The van der Waals surface area contributed by atoms with Crippen LogP contribution in [0.3, 0.4) is 0 Å². The molecular weight excluding hydrogens is 370 g/mol. The molecule has 0 fully saturated rings. The minimum absolute atomic E-state index is 1.00. The van der Waals surface area contributed by atoms with E-state index in [1.165, 1.54) is 0 Å². The summed E-state index contributed by atoms with van der Waals surface area (Å²) >= 11 is -1.79. The van der Waals surface area contributed by atoms with Crippen molar-refractivity contribution in [2.45, 2.75) is 0 Å². The monoisotopic (exact) mass is 376 g/mol. The Bertz CT molecular complexity index is 47.0. The molecular formula is C3H7AuCl3P. The van der Waals surface area contributed by atoms with E-state index < -0.39 is 15.2 Å². The van der Waals surface area contributed by atoms with Gasteiger partial charge in [-0.05, 0) is 6.16 Å². The molecule has 1 atom stereocenters. The van der Waals surface area contributed by atoms with E-state index in [1.54, 1.807) is 0 Å². The fourth-order valence-corrected chi connectivity index (χ4v) is 0. The molecule has 0 N–H and O–H groups in total. The number of rotatable bonds is 1. The van der Waals surface area contributed by atoms with Crippen LogP contribution < -0.4 is 0 Å². The minimum atomic E-state index is -1.79. The molecule has 0 heterocycles. The molecule has 8 heavy (non-hydrogen) atoms. The molecule has 0 aromatic carbocycles. The van der Waals surface area contributed by atoms with Crippen molar-refractivity contribution in [1.82, 2.24) is 0 Å². The maximum absolute atomic E-state index is 4.95. The van der Waals surface area contributed by atoms with E-state index in [2.05, 4.69) is 15.8 Å². The third-order valence-electron chi connectivity index (χ3n) is 0.167. The van der Waals surface area contributed by atoms with Gasteiger partial charge in [0.25, 0.3) is 0 Å². The average Bonchev–Trinajstić information content (AvgIpc) is 1.65. The van der Waals surface area contributed by atoms with Crippen molar-refractivity contribution in [3.63, 3.8) is 0 Å². The van der Waals surface area contributed by atoms with E-state index >= 15 is 0 Å². The SMILES string of the molecule is C=CCP.[Cl][Au]([Cl])[Cl]. The second kappa shape index (κ2) is 11.6.